The number of hydrogen-bond donors (Lipinski definition) is 0. The summed E-state index contributed by atoms with van der Waals surface area (Å²) in [7, 11) is 0. The van der Waals surface area contributed by atoms with Gasteiger partial charge in [-0.1, -0.05) is 12.1 Å². The zero-order valence-electron chi connectivity index (χ0n) is 14.4. The van der Waals surface area contributed by atoms with E-state index in [2.05, 4.69) is 35.2 Å². The van der Waals surface area contributed by atoms with Gasteiger partial charge in [0, 0.05) is 23.3 Å². The lowest BCUT2D eigenvalue weighted by Crippen LogP contribution is -2.63. The van der Waals surface area contributed by atoms with Gasteiger partial charge in [-0.2, -0.15) is 0 Å². The van der Waals surface area contributed by atoms with Gasteiger partial charge in [-0.25, -0.2) is 0 Å². The van der Waals surface area contributed by atoms with Crippen molar-refractivity contribution in [2.45, 2.75) is 50.5 Å². The van der Waals surface area contributed by atoms with Gasteiger partial charge in [-0.3, -0.25) is 0 Å². The molecule has 4 bridgehead atoms. The standard InChI is InChI=1S/C22H27NO/c1-2-5-21-19(4-1)20(6-9-24-21)23-8-3-7-22(23)17-11-15-10-16(13-17)14-18(22)12-15/h1-2,4-6,15-18H,3,7-14H2. The Hall–Kier alpha value is -1.44. The Bertz CT molecular complexity index is 678. The molecule has 2 heteroatoms. The van der Waals surface area contributed by atoms with Crippen molar-refractivity contribution in [1.29, 1.82) is 0 Å². The number of nitrogens with zero attached hydrogens (tertiary/aromatic N) is 1. The number of likely N-dealkylation sites (tertiary alicyclic amines) is 1. The summed E-state index contributed by atoms with van der Waals surface area (Å²) in [6.45, 7) is 1.99. The van der Waals surface area contributed by atoms with Crippen LogP contribution in [0.15, 0.2) is 30.3 Å². The first-order chi connectivity index (χ1) is 11.8. The molecule has 1 saturated heterocycles. The molecule has 5 fully saturated rings. The fraction of sp³-hybridized carbons (Fsp3) is 0.636. The molecule has 126 valence electrons. The molecule has 0 aromatic heterocycles. The SMILES string of the molecule is C1=C(N2CCCC23C2CC4CC(C2)CC3C4)c2ccccc2OC1. The minimum absolute atomic E-state index is 0.476. The molecule has 2 heterocycles. The zero-order chi connectivity index (χ0) is 15.7. The Balaban J connectivity index is 1.44. The van der Waals surface area contributed by atoms with Crippen LogP contribution in [0, 0.1) is 23.7 Å². The second-order valence-corrected chi connectivity index (χ2v) is 8.95. The number of para-hydroxylation sites is 1. The number of hydrogen-bond acceptors (Lipinski definition) is 2. The number of ether oxygens (including phenoxy) is 1. The first kappa shape index (κ1) is 13.8. The third-order valence-corrected chi connectivity index (χ3v) is 7.98. The van der Waals surface area contributed by atoms with Gasteiger partial charge in [0.1, 0.15) is 12.4 Å². The predicted octanol–water partition coefficient (Wildman–Crippen LogP) is 4.71. The lowest BCUT2D eigenvalue weighted by Gasteiger charge is -2.63. The fourth-order valence-corrected chi connectivity index (χ4v) is 7.44. The fourth-order valence-electron chi connectivity index (χ4n) is 7.44. The van der Waals surface area contributed by atoms with E-state index in [-0.39, 0.29) is 0 Å². The van der Waals surface area contributed by atoms with E-state index in [1.807, 2.05) is 0 Å². The number of fused-ring (bicyclic) bond motifs is 1. The van der Waals surface area contributed by atoms with Crippen LogP contribution in [0.4, 0.5) is 0 Å². The van der Waals surface area contributed by atoms with E-state index in [0.29, 0.717) is 5.54 Å². The third-order valence-electron chi connectivity index (χ3n) is 7.98. The highest BCUT2D eigenvalue weighted by atomic mass is 16.5. The predicted molar refractivity (Wildman–Crippen MR) is 95.6 cm³/mol. The molecular formula is C22H27NO. The van der Waals surface area contributed by atoms with Crippen molar-refractivity contribution >= 4 is 5.70 Å². The van der Waals surface area contributed by atoms with Crippen LogP contribution in [-0.2, 0) is 0 Å². The summed E-state index contributed by atoms with van der Waals surface area (Å²) in [5.41, 5.74) is 3.30. The third kappa shape index (κ3) is 1.67. The topological polar surface area (TPSA) is 12.5 Å². The van der Waals surface area contributed by atoms with Crippen molar-refractivity contribution in [1.82, 2.24) is 4.90 Å². The van der Waals surface area contributed by atoms with Gasteiger partial charge in [0.2, 0.25) is 0 Å². The Kier molecular flexibility index (Phi) is 2.76. The average Bonchev–Trinajstić information content (AvgIpc) is 3.04. The molecule has 0 amide bonds. The Morgan fingerprint density at radius 1 is 0.958 bits per heavy atom. The van der Waals surface area contributed by atoms with Gasteiger partial charge in [-0.05, 0) is 86.8 Å². The van der Waals surface area contributed by atoms with Gasteiger partial charge >= 0.3 is 0 Å². The summed E-state index contributed by atoms with van der Waals surface area (Å²) in [5.74, 6) is 5.09. The molecule has 7 rings (SSSR count). The highest BCUT2D eigenvalue weighted by Crippen LogP contribution is 2.64. The maximum absolute atomic E-state index is 5.90. The van der Waals surface area contributed by atoms with Crippen LogP contribution in [-0.4, -0.2) is 23.6 Å². The summed E-state index contributed by atoms with van der Waals surface area (Å²) in [4.78, 5) is 2.88. The first-order valence-corrected chi connectivity index (χ1v) is 10.0. The summed E-state index contributed by atoms with van der Waals surface area (Å²) in [6.07, 6.45) is 12.8. The summed E-state index contributed by atoms with van der Waals surface area (Å²) in [6, 6.07) is 8.68. The first-order valence-electron chi connectivity index (χ1n) is 10.0. The van der Waals surface area contributed by atoms with E-state index in [1.54, 1.807) is 6.42 Å². The molecule has 0 N–H and O–H groups in total. The molecule has 2 nitrogen and oxygen atoms in total. The highest BCUT2D eigenvalue weighted by molar-refractivity contribution is 5.72. The molecule has 0 unspecified atom stereocenters. The Morgan fingerprint density at radius 3 is 2.50 bits per heavy atom. The molecule has 0 radical (unpaired) electrons. The van der Waals surface area contributed by atoms with Gasteiger partial charge in [0.05, 0.1) is 0 Å². The average molecular weight is 321 g/mol. The second-order valence-electron chi connectivity index (χ2n) is 8.95. The molecule has 4 aliphatic carbocycles. The molecule has 0 atom stereocenters. The maximum Gasteiger partial charge on any atom is 0.129 e. The molecule has 4 saturated carbocycles. The van der Waals surface area contributed by atoms with Gasteiger partial charge in [0.15, 0.2) is 0 Å². The van der Waals surface area contributed by atoms with Gasteiger partial charge in [-0.15, -0.1) is 0 Å². The summed E-state index contributed by atoms with van der Waals surface area (Å²) >= 11 is 0. The van der Waals surface area contributed by atoms with E-state index < -0.39 is 0 Å². The van der Waals surface area contributed by atoms with Crippen molar-refractivity contribution < 1.29 is 4.74 Å². The molecule has 2 aliphatic heterocycles. The van der Waals surface area contributed by atoms with Crippen LogP contribution in [0.1, 0.15) is 50.5 Å². The van der Waals surface area contributed by atoms with Crippen LogP contribution in [0.25, 0.3) is 5.70 Å². The number of rotatable bonds is 1. The highest BCUT2D eigenvalue weighted by Gasteiger charge is 2.61. The smallest absolute Gasteiger partial charge is 0.129 e. The van der Waals surface area contributed by atoms with Crippen molar-refractivity contribution in [2.24, 2.45) is 23.7 Å². The monoisotopic (exact) mass is 321 g/mol. The second kappa shape index (κ2) is 4.80. The van der Waals surface area contributed by atoms with Gasteiger partial charge < -0.3 is 9.64 Å². The van der Waals surface area contributed by atoms with Crippen LogP contribution in [0.5, 0.6) is 5.75 Å². The minimum atomic E-state index is 0.476. The van der Waals surface area contributed by atoms with Crippen molar-refractivity contribution in [2.75, 3.05) is 13.2 Å². The van der Waals surface area contributed by atoms with E-state index >= 15 is 0 Å². The van der Waals surface area contributed by atoms with E-state index in [9.17, 15) is 0 Å². The van der Waals surface area contributed by atoms with Crippen molar-refractivity contribution in [3.05, 3.63) is 35.9 Å². The minimum Gasteiger partial charge on any atom is -0.489 e. The van der Waals surface area contributed by atoms with Gasteiger partial charge in [0.25, 0.3) is 0 Å². The van der Waals surface area contributed by atoms with Crippen molar-refractivity contribution in [3.63, 3.8) is 0 Å². The lowest BCUT2D eigenvalue weighted by atomic mass is 9.48. The Labute approximate surface area is 144 Å². The molecule has 1 spiro atoms. The maximum atomic E-state index is 5.90. The van der Waals surface area contributed by atoms with Crippen LogP contribution >= 0.6 is 0 Å². The van der Waals surface area contributed by atoms with E-state index in [1.165, 1.54) is 56.3 Å². The molecule has 1 aromatic rings. The number of benzene rings is 1. The molecule has 6 aliphatic rings. The van der Waals surface area contributed by atoms with E-state index in [4.69, 9.17) is 4.74 Å². The Morgan fingerprint density at radius 2 is 1.71 bits per heavy atom. The largest absolute Gasteiger partial charge is 0.489 e. The van der Waals surface area contributed by atoms with Crippen LogP contribution < -0.4 is 4.74 Å². The quantitative estimate of drug-likeness (QED) is 0.742. The zero-order valence-corrected chi connectivity index (χ0v) is 14.4. The molecule has 1 aromatic carbocycles. The molecular weight excluding hydrogens is 294 g/mol. The van der Waals surface area contributed by atoms with Crippen LogP contribution in [0.3, 0.4) is 0 Å². The lowest BCUT2D eigenvalue weighted by molar-refractivity contribution is -0.102. The van der Waals surface area contributed by atoms with E-state index in [0.717, 1.165) is 36.0 Å². The summed E-state index contributed by atoms with van der Waals surface area (Å²) in [5, 5.41) is 0. The van der Waals surface area contributed by atoms with Crippen molar-refractivity contribution in [3.8, 4) is 5.75 Å². The van der Waals surface area contributed by atoms with Crippen LogP contribution in [0.2, 0.25) is 0 Å². The normalized spacial score (nSPS) is 42.2. The molecule has 24 heavy (non-hydrogen) atoms. The summed E-state index contributed by atoms with van der Waals surface area (Å²) < 4.78 is 5.90.